The van der Waals surface area contributed by atoms with E-state index in [0.717, 1.165) is 150 Å². The molecule has 6 heterocycles. The normalized spacial score (nSPS) is 19.3. The number of hydrogen-bond donors (Lipinski definition) is 3. The average Bonchev–Trinajstić information content (AvgIpc) is 4.35. The Bertz CT molecular complexity index is 3270. The maximum absolute atomic E-state index is 14.4. The Labute approximate surface area is 497 Å². The second-order valence-corrected chi connectivity index (χ2v) is 24.1. The van der Waals surface area contributed by atoms with Crippen LogP contribution in [0.5, 0.6) is 17.5 Å². The van der Waals surface area contributed by atoms with Crippen molar-refractivity contribution >= 4 is 62.1 Å². The molecule has 3 amide bonds. The summed E-state index contributed by atoms with van der Waals surface area (Å²) in [4.78, 5) is 66.1. The minimum absolute atomic E-state index is 0.0176. The number of carbonyl (C=O) groups excluding carboxylic acids is 3. The highest BCUT2D eigenvalue weighted by atomic mass is 32.1. The Kier molecular flexibility index (Phi) is 19.2. The minimum atomic E-state index is -0.531. The van der Waals surface area contributed by atoms with Crippen LogP contribution in [-0.2, 0) is 36.8 Å². The van der Waals surface area contributed by atoms with Gasteiger partial charge >= 0.3 is 6.01 Å². The summed E-state index contributed by atoms with van der Waals surface area (Å²) in [5.74, 6) is 1.85. The number of nitrogens with zero attached hydrogens (tertiary/aromatic N) is 8. The third-order valence-corrected chi connectivity index (χ3v) is 18.6. The molecule has 4 fully saturated rings. The zero-order chi connectivity index (χ0) is 58.1. The van der Waals surface area contributed by atoms with E-state index in [-0.39, 0.29) is 53.7 Å². The molecule has 3 N–H and O–H groups in total. The average molecular weight is 1160 g/mol. The Balaban J connectivity index is 0.637. The number of aromatic hydroxyl groups is 1. The molecule has 19 heteroatoms. The van der Waals surface area contributed by atoms with E-state index in [0.29, 0.717) is 71.7 Å². The topological polar surface area (TPSA) is 187 Å². The number of fused-ring (bicyclic) bond motifs is 3. The van der Waals surface area contributed by atoms with Gasteiger partial charge in [0, 0.05) is 97.9 Å². The summed E-state index contributed by atoms with van der Waals surface area (Å²) in [5.41, 5.74) is 4.88. The van der Waals surface area contributed by atoms with Crippen molar-refractivity contribution in [1.82, 2.24) is 40.3 Å². The summed E-state index contributed by atoms with van der Waals surface area (Å²) >= 11 is 1.60. The summed E-state index contributed by atoms with van der Waals surface area (Å²) in [6, 6.07) is 23.4. The van der Waals surface area contributed by atoms with E-state index in [1.807, 2.05) is 59.2 Å². The van der Waals surface area contributed by atoms with Crippen molar-refractivity contribution in [2.75, 3.05) is 102 Å². The predicted molar refractivity (Wildman–Crippen MR) is 329 cm³/mol. The molecule has 18 nitrogen and oxygen atoms in total. The van der Waals surface area contributed by atoms with E-state index in [9.17, 15) is 19.5 Å². The summed E-state index contributed by atoms with van der Waals surface area (Å²) < 4.78 is 25.2. The van der Waals surface area contributed by atoms with Crippen molar-refractivity contribution in [3.05, 3.63) is 107 Å². The lowest BCUT2D eigenvalue weighted by Gasteiger charge is -2.38. The molecule has 0 spiro atoms. The van der Waals surface area contributed by atoms with Gasteiger partial charge in [-0.2, -0.15) is 9.97 Å². The maximum Gasteiger partial charge on any atom is 0.318 e. The van der Waals surface area contributed by atoms with Crippen LogP contribution in [0.1, 0.15) is 93.9 Å². The number of ether oxygens (including phenoxy) is 4. The van der Waals surface area contributed by atoms with Gasteiger partial charge in [0.15, 0.2) is 0 Å². The molecule has 5 aliphatic rings. The molecule has 1 aliphatic carbocycles. The van der Waals surface area contributed by atoms with E-state index < -0.39 is 6.04 Å². The summed E-state index contributed by atoms with van der Waals surface area (Å²) in [7, 11) is 1.77. The number of hydrogen-bond acceptors (Lipinski definition) is 16. The first-order valence-electron chi connectivity index (χ1n) is 30.5. The van der Waals surface area contributed by atoms with Crippen LogP contribution < -0.4 is 29.9 Å². The fraction of sp³-hybridized carbons (Fsp3) is 0.508. The molecule has 446 valence electrons. The molecule has 3 saturated heterocycles. The number of aromatic nitrogens is 3. The van der Waals surface area contributed by atoms with Gasteiger partial charge in [-0.15, -0.1) is 11.3 Å². The van der Waals surface area contributed by atoms with Crippen LogP contribution in [-0.4, -0.2) is 169 Å². The van der Waals surface area contributed by atoms with Crippen LogP contribution in [0.25, 0.3) is 32.8 Å². The fourth-order valence-corrected chi connectivity index (χ4v) is 14.0. The Hall–Kier alpha value is -6.90. The molecule has 1 saturated carbocycles. The van der Waals surface area contributed by atoms with E-state index in [1.165, 1.54) is 12.5 Å². The molecule has 84 heavy (non-hydrogen) atoms. The smallest absolute Gasteiger partial charge is 0.318 e. The van der Waals surface area contributed by atoms with Crippen LogP contribution in [0.4, 0.5) is 11.5 Å². The van der Waals surface area contributed by atoms with E-state index in [2.05, 4.69) is 68.5 Å². The highest BCUT2D eigenvalue weighted by molar-refractivity contribution is 7.10. The SMILES string of the molecule is C=CC(=O)N1CCN(c2nc(O[C@H](C)CN3CCC(OCCOCCOc4ccc(-c5csc([C@@H]6CCCN6C(=O)[C@@H](NC(=O)C(C)NC)C6CCCCC6)n5)c5ccccc45)CC3)nc3c2CCN(c2cc(O)cc4ccccc24)C3)CC1. The van der Waals surface area contributed by atoms with Crippen LogP contribution in [0, 0.1) is 5.92 Å². The van der Waals surface area contributed by atoms with Gasteiger partial charge in [-0.25, -0.2) is 4.98 Å². The molecule has 4 atom stereocenters. The first kappa shape index (κ1) is 58.9. The van der Waals surface area contributed by atoms with Gasteiger partial charge in [-0.1, -0.05) is 74.4 Å². The van der Waals surface area contributed by atoms with Crippen molar-refractivity contribution in [3.8, 4) is 28.8 Å². The third kappa shape index (κ3) is 13.6. The molecule has 2 aromatic heterocycles. The van der Waals surface area contributed by atoms with Crippen LogP contribution in [0.3, 0.4) is 0 Å². The molecule has 1 unspecified atom stereocenters. The Morgan fingerprint density at radius 3 is 2.35 bits per heavy atom. The molecule has 0 radical (unpaired) electrons. The number of phenolic OH excluding ortho intramolecular Hbond substituents is 1. The summed E-state index contributed by atoms with van der Waals surface area (Å²) in [5, 5.41) is 24.0. The summed E-state index contributed by atoms with van der Waals surface area (Å²) in [6.45, 7) is 16.3. The number of carbonyl (C=O) groups is 3. The number of likely N-dealkylation sites (N-methyl/N-ethyl adjacent to an activating group) is 1. The molecular weight excluding hydrogens is 1080 g/mol. The highest BCUT2D eigenvalue weighted by Gasteiger charge is 2.40. The Morgan fingerprint density at radius 1 is 0.798 bits per heavy atom. The number of piperazine rings is 1. The molecule has 0 bridgehead atoms. The van der Waals surface area contributed by atoms with Crippen molar-refractivity contribution in [1.29, 1.82) is 0 Å². The van der Waals surface area contributed by atoms with E-state index in [1.54, 1.807) is 24.5 Å². The number of thiazole rings is 1. The second kappa shape index (κ2) is 27.4. The van der Waals surface area contributed by atoms with Gasteiger partial charge in [0.2, 0.25) is 17.7 Å². The number of phenols is 1. The third-order valence-electron chi connectivity index (χ3n) is 17.7. The number of likely N-dealkylation sites (tertiary alicyclic amines) is 2. The minimum Gasteiger partial charge on any atom is -0.508 e. The number of nitrogens with one attached hydrogen (secondary N) is 2. The van der Waals surface area contributed by atoms with Crippen LogP contribution >= 0.6 is 11.3 Å². The van der Waals surface area contributed by atoms with Crippen molar-refractivity contribution < 1.29 is 38.4 Å². The van der Waals surface area contributed by atoms with Gasteiger partial charge in [-0.3, -0.25) is 19.3 Å². The zero-order valence-electron chi connectivity index (χ0n) is 49.0. The number of benzene rings is 4. The van der Waals surface area contributed by atoms with Crippen LogP contribution in [0.2, 0.25) is 0 Å². The van der Waals surface area contributed by atoms with Gasteiger partial charge in [0.1, 0.15) is 41.1 Å². The van der Waals surface area contributed by atoms with Gasteiger partial charge in [-0.05, 0) is 107 Å². The van der Waals surface area contributed by atoms with E-state index >= 15 is 0 Å². The van der Waals surface area contributed by atoms with Gasteiger partial charge in [0.05, 0.1) is 55.9 Å². The van der Waals surface area contributed by atoms with Gasteiger partial charge < -0.3 is 54.3 Å². The van der Waals surface area contributed by atoms with Crippen molar-refractivity contribution in [2.24, 2.45) is 5.92 Å². The first-order valence-corrected chi connectivity index (χ1v) is 31.4. The maximum atomic E-state index is 14.4. The lowest BCUT2D eigenvalue weighted by Crippen LogP contribution is -2.55. The summed E-state index contributed by atoms with van der Waals surface area (Å²) in [6.07, 6.45) is 10.9. The lowest BCUT2D eigenvalue weighted by molar-refractivity contribution is -0.139. The molecule has 4 aliphatic heterocycles. The molecule has 11 rings (SSSR count). The molecular formula is C65H82N10O8S. The second-order valence-electron chi connectivity index (χ2n) is 23.2. The first-order chi connectivity index (χ1) is 41.0. The molecule has 6 aromatic rings. The number of rotatable bonds is 22. The standard InChI is InChI=1S/C65H82N10O8S/c1-5-59(77)72-30-32-73(33-31-72)61-53-25-29-74(57-39-47(76)38-46-16-9-10-17-49(46)57)41-54(53)68-65(70-61)83-43(2)40-71-27-23-48(24-28-71)81-36-34-80-35-37-82-58-22-21-51(50-18-11-12-19-52(50)58)55-42-84-63(67-55)56-20-13-26-75(56)64(79)60(45-14-7-6-8-15-45)69-62(78)44(3)66-4/h5,9-12,16-19,21-22,38-39,42-45,48,56,60,66,76H,1,6-8,13-15,20,23-37,40-41H2,2-4H3,(H,69,78)/t43-,44?,56+,60+/m1/s1. The lowest BCUT2D eigenvalue weighted by atomic mass is 9.83. The van der Waals surface area contributed by atoms with Gasteiger partial charge in [0.25, 0.3) is 0 Å². The van der Waals surface area contributed by atoms with Crippen LogP contribution in [0.15, 0.2) is 90.8 Å². The zero-order valence-corrected chi connectivity index (χ0v) is 49.8. The number of anilines is 2. The fourth-order valence-electron chi connectivity index (χ4n) is 13.0. The van der Waals surface area contributed by atoms with Crippen molar-refractivity contribution in [2.45, 2.75) is 115 Å². The predicted octanol–water partition coefficient (Wildman–Crippen LogP) is 8.69. The number of amides is 3. The molecule has 4 aromatic carbocycles. The largest absolute Gasteiger partial charge is 0.508 e. The van der Waals surface area contributed by atoms with E-state index in [4.69, 9.17) is 33.9 Å². The Morgan fingerprint density at radius 2 is 1.56 bits per heavy atom. The monoisotopic (exact) mass is 1160 g/mol. The van der Waals surface area contributed by atoms with Crippen molar-refractivity contribution in [3.63, 3.8) is 0 Å². The quantitative estimate of drug-likeness (QED) is 0.0433. The highest BCUT2D eigenvalue weighted by Crippen LogP contribution is 2.41. The number of piperidine rings is 1.